The van der Waals surface area contributed by atoms with E-state index in [1.165, 1.54) is 18.4 Å². The molecular weight excluding hydrogens is 407 g/mol. The van der Waals surface area contributed by atoms with Gasteiger partial charge in [0.25, 0.3) is 0 Å². The second kappa shape index (κ2) is 8.99. The van der Waals surface area contributed by atoms with E-state index in [0.717, 1.165) is 26.9 Å². The largest absolute Gasteiger partial charge is 0.469 e. The van der Waals surface area contributed by atoms with Gasteiger partial charge in [0.2, 0.25) is 10.0 Å². The predicted octanol–water partition coefficient (Wildman–Crippen LogP) is 3.62. The van der Waals surface area contributed by atoms with Crippen molar-refractivity contribution in [3.8, 4) is 0 Å². The van der Waals surface area contributed by atoms with E-state index in [1.807, 2.05) is 28.8 Å². The van der Waals surface area contributed by atoms with Gasteiger partial charge in [-0.1, -0.05) is 24.8 Å². The summed E-state index contributed by atoms with van der Waals surface area (Å²) in [6, 6.07) is 12.1. The minimum Gasteiger partial charge on any atom is -0.469 e. The number of fused-ring (bicyclic) bond motifs is 3. The summed E-state index contributed by atoms with van der Waals surface area (Å²) in [5, 5.41) is 12.6. The molecule has 6 nitrogen and oxygen atoms in total. The number of aliphatic hydroxyl groups is 1. The summed E-state index contributed by atoms with van der Waals surface area (Å²) < 4.78 is 46.6. The Morgan fingerprint density at radius 3 is 2.63 bits per heavy atom. The van der Waals surface area contributed by atoms with Crippen LogP contribution in [0.1, 0.15) is 6.92 Å². The lowest BCUT2D eigenvalue weighted by molar-refractivity contribution is 0.129. The Kier molecular flexibility index (Phi) is 6.60. The molecule has 1 atom stereocenters. The van der Waals surface area contributed by atoms with Crippen LogP contribution in [0.25, 0.3) is 21.8 Å². The molecule has 3 aromatic rings. The molecule has 0 amide bonds. The van der Waals surface area contributed by atoms with Crippen molar-refractivity contribution in [3.05, 3.63) is 73.0 Å². The SMILES string of the molecule is C=CO/C(=C\C)CN(CC(O)Cn1c2ccccc2c2ccc(F)cc21)S(C)(=O)=O. The molecule has 3 rings (SSSR count). The second-order valence-electron chi connectivity index (χ2n) is 7.04. The van der Waals surface area contributed by atoms with Crippen LogP contribution in [-0.2, 0) is 21.3 Å². The number of nitrogens with zero attached hydrogens (tertiary/aromatic N) is 2. The molecule has 0 radical (unpaired) electrons. The number of sulfonamides is 1. The van der Waals surface area contributed by atoms with Gasteiger partial charge in [-0.25, -0.2) is 12.8 Å². The van der Waals surface area contributed by atoms with Crippen molar-refractivity contribution >= 4 is 31.8 Å². The van der Waals surface area contributed by atoms with E-state index in [-0.39, 0.29) is 25.5 Å². The van der Waals surface area contributed by atoms with Crippen molar-refractivity contribution in [3.63, 3.8) is 0 Å². The number of ether oxygens (including phenoxy) is 1. The van der Waals surface area contributed by atoms with Crippen LogP contribution in [0.15, 0.2) is 67.1 Å². The number of allylic oxidation sites excluding steroid dienone is 1. The first-order valence-electron chi connectivity index (χ1n) is 9.47. The van der Waals surface area contributed by atoms with Crippen LogP contribution in [0.2, 0.25) is 0 Å². The van der Waals surface area contributed by atoms with Crippen molar-refractivity contribution in [1.29, 1.82) is 0 Å². The standard InChI is InChI=1S/C22H25FN2O4S/c1-4-18(29-5-2)15-24(30(3,27)28)13-17(26)14-25-21-9-7-6-8-19(21)20-11-10-16(23)12-22(20)25/h4-12,17,26H,2,13-15H2,1,3H3/b18-4-. The van der Waals surface area contributed by atoms with Gasteiger partial charge in [0.15, 0.2) is 0 Å². The number of hydrogen-bond acceptors (Lipinski definition) is 4. The molecule has 1 aromatic heterocycles. The summed E-state index contributed by atoms with van der Waals surface area (Å²) in [6.07, 6.45) is 2.92. The number of benzene rings is 2. The maximum atomic E-state index is 13.9. The fourth-order valence-electron chi connectivity index (χ4n) is 3.52. The lowest BCUT2D eigenvalue weighted by atomic mass is 10.1. The maximum Gasteiger partial charge on any atom is 0.211 e. The molecule has 2 aromatic carbocycles. The van der Waals surface area contributed by atoms with Crippen LogP contribution >= 0.6 is 0 Å². The molecule has 8 heteroatoms. The minimum absolute atomic E-state index is 0.0276. The predicted molar refractivity (Wildman–Crippen MR) is 117 cm³/mol. The number of aliphatic hydroxyl groups excluding tert-OH is 1. The fraction of sp³-hybridized carbons (Fsp3) is 0.273. The third kappa shape index (κ3) is 4.72. The third-order valence-electron chi connectivity index (χ3n) is 4.90. The van der Waals surface area contributed by atoms with E-state index < -0.39 is 16.1 Å². The highest BCUT2D eigenvalue weighted by Crippen LogP contribution is 2.29. The molecule has 0 spiro atoms. The molecule has 0 saturated carbocycles. The number of hydrogen-bond donors (Lipinski definition) is 1. The molecular formula is C22H25FN2O4S. The lowest BCUT2D eigenvalue weighted by Crippen LogP contribution is -2.39. The van der Waals surface area contributed by atoms with E-state index in [2.05, 4.69) is 6.58 Å². The maximum absolute atomic E-state index is 13.9. The fourth-order valence-corrected chi connectivity index (χ4v) is 4.32. The van der Waals surface area contributed by atoms with Crippen molar-refractivity contribution < 1.29 is 22.7 Å². The number of halogens is 1. The molecule has 30 heavy (non-hydrogen) atoms. The zero-order valence-corrected chi connectivity index (χ0v) is 17.8. The number of aromatic nitrogens is 1. The average molecular weight is 433 g/mol. The molecule has 0 saturated heterocycles. The highest BCUT2D eigenvalue weighted by Gasteiger charge is 2.23. The molecule has 0 bridgehead atoms. The average Bonchev–Trinajstić information content (AvgIpc) is 2.99. The first-order valence-corrected chi connectivity index (χ1v) is 11.3. The molecule has 0 fully saturated rings. The number of rotatable bonds is 9. The van der Waals surface area contributed by atoms with Crippen LogP contribution in [0.4, 0.5) is 4.39 Å². The van der Waals surface area contributed by atoms with E-state index >= 15 is 0 Å². The Balaban J connectivity index is 1.92. The van der Waals surface area contributed by atoms with Crippen LogP contribution in [0.5, 0.6) is 0 Å². The van der Waals surface area contributed by atoms with Gasteiger partial charge in [-0.2, -0.15) is 4.31 Å². The summed E-state index contributed by atoms with van der Waals surface area (Å²) in [5.41, 5.74) is 1.48. The first-order chi connectivity index (χ1) is 14.2. The van der Waals surface area contributed by atoms with Gasteiger partial charge in [-0.15, -0.1) is 0 Å². The summed E-state index contributed by atoms with van der Waals surface area (Å²) in [6.45, 7) is 5.14. The van der Waals surface area contributed by atoms with E-state index in [4.69, 9.17) is 4.74 Å². The molecule has 1 N–H and O–H groups in total. The van der Waals surface area contributed by atoms with Crippen molar-refractivity contribution in [1.82, 2.24) is 8.87 Å². The summed E-state index contributed by atoms with van der Waals surface area (Å²) in [5.74, 6) is 0.0275. The van der Waals surface area contributed by atoms with Crippen molar-refractivity contribution in [2.24, 2.45) is 0 Å². The van der Waals surface area contributed by atoms with Crippen LogP contribution < -0.4 is 0 Å². The van der Waals surface area contributed by atoms with Gasteiger partial charge in [-0.3, -0.25) is 0 Å². The monoisotopic (exact) mass is 432 g/mol. The van der Waals surface area contributed by atoms with Gasteiger partial charge in [0.05, 0.1) is 37.2 Å². The Bertz CT molecular complexity index is 1200. The Morgan fingerprint density at radius 2 is 1.97 bits per heavy atom. The Labute approximate surface area is 175 Å². The second-order valence-corrected chi connectivity index (χ2v) is 9.02. The lowest BCUT2D eigenvalue weighted by Gasteiger charge is -2.24. The van der Waals surface area contributed by atoms with Crippen LogP contribution in [-0.4, -0.2) is 47.8 Å². The Morgan fingerprint density at radius 1 is 1.27 bits per heavy atom. The van der Waals surface area contributed by atoms with Crippen molar-refractivity contribution in [2.75, 3.05) is 19.3 Å². The van der Waals surface area contributed by atoms with Crippen molar-refractivity contribution in [2.45, 2.75) is 19.6 Å². The van der Waals surface area contributed by atoms with Gasteiger partial charge < -0.3 is 14.4 Å². The summed E-state index contributed by atoms with van der Waals surface area (Å²) in [4.78, 5) is 0. The van der Waals surface area contributed by atoms with E-state index in [1.54, 1.807) is 19.1 Å². The van der Waals surface area contributed by atoms with Gasteiger partial charge >= 0.3 is 0 Å². The quantitative estimate of drug-likeness (QED) is 0.524. The molecule has 160 valence electrons. The smallest absolute Gasteiger partial charge is 0.211 e. The van der Waals surface area contributed by atoms with Gasteiger partial charge in [0, 0.05) is 22.8 Å². The van der Waals surface area contributed by atoms with Crippen LogP contribution in [0.3, 0.4) is 0 Å². The van der Waals surface area contributed by atoms with Gasteiger partial charge in [-0.05, 0) is 37.3 Å². The van der Waals surface area contributed by atoms with Gasteiger partial charge in [0.1, 0.15) is 11.6 Å². The molecule has 0 aliphatic rings. The zero-order chi connectivity index (χ0) is 21.9. The molecule has 1 heterocycles. The zero-order valence-electron chi connectivity index (χ0n) is 17.0. The normalized spacial score (nSPS) is 13.8. The molecule has 0 aliphatic carbocycles. The first kappa shape index (κ1) is 22.0. The van der Waals surface area contributed by atoms with E-state index in [9.17, 15) is 17.9 Å². The van der Waals surface area contributed by atoms with Crippen LogP contribution in [0, 0.1) is 5.82 Å². The summed E-state index contributed by atoms with van der Waals surface area (Å²) in [7, 11) is -3.61. The summed E-state index contributed by atoms with van der Waals surface area (Å²) >= 11 is 0. The molecule has 1 unspecified atom stereocenters. The highest BCUT2D eigenvalue weighted by atomic mass is 32.2. The topological polar surface area (TPSA) is 71.8 Å². The highest BCUT2D eigenvalue weighted by molar-refractivity contribution is 7.88. The molecule has 0 aliphatic heterocycles. The number of para-hydroxylation sites is 1. The van der Waals surface area contributed by atoms with E-state index in [0.29, 0.717) is 11.3 Å². The third-order valence-corrected chi connectivity index (χ3v) is 6.12. The minimum atomic E-state index is -3.61. The Hall–Kier alpha value is -2.68.